The molecular weight excluding hydrogens is 358 g/mol. The molecule has 8 heteroatoms. The van der Waals surface area contributed by atoms with Crippen LogP contribution in [0.5, 0.6) is 0 Å². The van der Waals surface area contributed by atoms with Gasteiger partial charge in [-0.25, -0.2) is 13.2 Å². The van der Waals surface area contributed by atoms with Crippen LogP contribution in [-0.2, 0) is 10.0 Å². The normalized spacial score (nSPS) is 14.6. The number of halogens is 1. The lowest BCUT2D eigenvalue weighted by Crippen LogP contribution is -2.42. The van der Waals surface area contributed by atoms with Crippen molar-refractivity contribution in [2.75, 3.05) is 23.7 Å². The molecule has 0 heterocycles. The summed E-state index contributed by atoms with van der Waals surface area (Å²) in [5.41, 5.74) is 0.574. The third-order valence-corrected chi connectivity index (χ3v) is 4.75. The molecule has 0 atom stereocenters. The Morgan fingerprint density at radius 2 is 1.95 bits per heavy atom. The zero-order chi connectivity index (χ0) is 15.5. The minimum absolute atomic E-state index is 0.193. The molecule has 0 unspecified atom stereocenters. The molecule has 1 aliphatic carbocycles. The first-order valence-electron chi connectivity index (χ1n) is 6.64. The van der Waals surface area contributed by atoms with E-state index in [0.717, 1.165) is 23.6 Å². The molecular formula is C13H18BrN3O3S. The number of carbonyl (C=O) groups excluding carboxylic acids is 1. The molecule has 1 aliphatic rings. The zero-order valence-electron chi connectivity index (χ0n) is 11.7. The maximum absolute atomic E-state index is 11.9. The van der Waals surface area contributed by atoms with Crippen LogP contribution in [0.1, 0.15) is 12.8 Å². The minimum Gasteiger partial charge on any atom is -0.336 e. The molecule has 2 rings (SSSR count). The van der Waals surface area contributed by atoms with Gasteiger partial charge in [-0.15, -0.1) is 0 Å². The van der Waals surface area contributed by atoms with Crippen molar-refractivity contribution in [3.8, 4) is 0 Å². The fourth-order valence-electron chi connectivity index (χ4n) is 1.83. The summed E-state index contributed by atoms with van der Waals surface area (Å²) in [6, 6.07) is 7.02. The topological polar surface area (TPSA) is 78.5 Å². The van der Waals surface area contributed by atoms with Gasteiger partial charge in [-0.3, -0.25) is 4.31 Å². The fraction of sp³-hybridized carbons (Fsp3) is 0.462. The Balaban J connectivity index is 1.93. The number of urea groups is 1. The van der Waals surface area contributed by atoms with E-state index >= 15 is 0 Å². The standard InChI is InChI=1S/C13H18BrN3O3S/c1-21(19,20)17(12-6-2-10(14)3-7-12)9-8-15-13(18)16-11-4-5-11/h2-3,6-7,11H,4-5,8-9H2,1H3,(H2,15,16,18). The molecule has 1 aromatic carbocycles. The van der Waals surface area contributed by atoms with Crippen LogP contribution in [0.4, 0.5) is 10.5 Å². The average Bonchev–Trinajstić information content (AvgIpc) is 3.18. The number of carbonyl (C=O) groups is 1. The molecule has 2 amide bonds. The van der Waals surface area contributed by atoms with Crippen molar-refractivity contribution < 1.29 is 13.2 Å². The van der Waals surface area contributed by atoms with Gasteiger partial charge in [-0.05, 0) is 37.1 Å². The number of amides is 2. The van der Waals surface area contributed by atoms with Gasteiger partial charge in [0.25, 0.3) is 0 Å². The highest BCUT2D eigenvalue weighted by atomic mass is 79.9. The molecule has 116 valence electrons. The molecule has 0 radical (unpaired) electrons. The van der Waals surface area contributed by atoms with Gasteiger partial charge in [0, 0.05) is 17.1 Å². The first-order valence-corrected chi connectivity index (χ1v) is 9.28. The van der Waals surface area contributed by atoms with Crippen molar-refractivity contribution in [1.82, 2.24) is 10.6 Å². The van der Waals surface area contributed by atoms with E-state index in [2.05, 4.69) is 26.6 Å². The molecule has 0 bridgehead atoms. The maximum atomic E-state index is 11.9. The Kier molecular flexibility index (Phi) is 5.10. The summed E-state index contributed by atoms with van der Waals surface area (Å²) >= 11 is 3.31. The third-order valence-electron chi connectivity index (χ3n) is 3.03. The first kappa shape index (κ1) is 16.1. The van der Waals surface area contributed by atoms with E-state index in [4.69, 9.17) is 0 Å². The van der Waals surface area contributed by atoms with Crippen molar-refractivity contribution in [3.63, 3.8) is 0 Å². The van der Waals surface area contributed by atoms with Crippen molar-refractivity contribution in [3.05, 3.63) is 28.7 Å². The predicted molar refractivity (Wildman–Crippen MR) is 85.9 cm³/mol. The largest absolute Gasteiger partial charge is 0.336 e. The number of sulfonamides is 1. The highest BCUT2D eigenvalue weighted by molar-refractivity contribution is 9.10. The van der Waals surface area contributed by atoms with Gasteiger partial charge >= 0.3 is 6.03 Å². The fourth-order valence-corrected chi connectivity index (χ4v) is 3.02. The van der Waals surface area contributed by atoms with E-state index in [1.165, 1.54) is 4.31 Å². The Morgan fingerprint density at radius 3 is 2.48 bits per heavy atom. The summed E-state index contributed by atoms with van der Waals surface area (Å²) in [5, 5.41) is 5.46. The number of rotatable bonds is 6. The third kappa shape index (κ3) is 5.20. The molecule has 21 heavy (non-hydrogen) atoms. The van der Waals surface area contributed by atoms with Crippen molar-refractivity contribution in [1.29, 1.82) is 0 Å². The van der Waals surface area contributed by atoms with Gasteiger partial charge in [-0.1, -0.05) is 15.9 Å². The molecule has 1 fully saturated rings. The molecule has 6 nitrogen and oxygen atoms in total. The van der Waals surface area contributed by atoms with Gasteiger partial charge < -0.3 is 10.6 Å². The van der Waals surface area contributed by atoms with E-state index in [9.17, 15) is 13.2 Å². The molecule has 1 aromatic rings. The van der Waals surface area contributed by atoms with E-state index in [1.807, 2.05) is 0 Å². The molecule has 0 saturated heterocycles. The highest BCUT2D eigenvalue weighted by Crippen LogP contribution is 2.20. The summed E-state index contributed by atoms with van der Waals surface area (Å²) < 4.78 is 25.9. The van der Waals surface area contributed by atoms with Crippen LogP contribution in [0.15, 0.2) is 28.7 Å². The lowest BCUT2D eigenvalue weighted by molar-refractivity contribution is 0.241. The van der Waals surface area contributed by atoms with Crippen molar-refractivity contribution in [2.45, 2.75) is 18.9 Å². The first-order chi connectivity index (χ1) is 9.86. The lowest BCUT2D eigenvalue weighted by Gasteiger charge is -2.22. The zero-order valence-corrected chi connectivity index (χ0v) is 14.1. The van der Waals surface area contributed by atoms with Crippen LogP contribution in [0, 0.1) is 0 Å². The van der Waals surface area contributed by atoms with Gasteiger partial charge in [0.1, 0.15) is 0 Å². The number of hydrogen-bond donors (Lipinski definition) is 2. The van der Waals surface area contributed by atoms with Gasteiger partial charge in [-0.2, -0.15) is 0 Å². The van der Waals surface area contributed by atoms with E-state index in [-0.39, 0.29) is 25.2 Å². The summed E-state index contributed by atoms with van der Waals surface area (Å²) in [7, 11) is -3.39. The lowest BCUT2D eigenvalue weighted by atomic mass is 10.3. The summed E-state index contributed by atoms with van der Waals surface area (Å²) in [5.74, 6) is 0. The Hall–Kier alpha value is -1.28. The van der Waals surface area contributed by atoms with E-state index in [0.29, 0.717) is 5.69 Å². The predicted octanol–water partition coefficient (Wildman–Crippen LogP) is 1.68. The second kappa shape index (κ2) is 6.65. The molecule has 1 saturated carbocycles. The van der Waals surface area contributed by atoms with Gasteiger partial charge in [0.05, 0.1) is 18.5 Å². The minimum atomic E-state index is -3.39. The molecule has 0 spiro atoms. The van der Waals surface area contributed by atoms with Crippen LogP contribution in [-0.4, -0.2) is 39.8 Å². The van der Waals surface area contributed by atoms with E-state index < -0.39 is 10.0 Å². The quantitative estimate of drug-likeness (QED) is 0.793. The number of nitrogens with one attached hydrogen (secondary N) is 2. The SMILES string of the molecule is CS(=O)(=O)N(CCNC(=O)NC1CC1)c1ccc(Br)cc1. The second-order valence-corrected chi connectivity index (χ2v) is 7.81. The van der Waals surface area contributed by atoms with Crippen LogP contribution in [0.3, 0.4) is 0 Å². The molecule has 2 N–H and O–H groups in total. The molecule has 0 aliphatic heterocycles. The molecule has 0 aromatic heterocycles. The second-order valence-electron chi connectivity index (χ2n) is 4.99. The van der Waals surface area contributed by atoms with Crippen LogP contribution < -0.4 is 14.9 Å². The number of benzene rings is 1. The van der Waals surface area contributed by atoms with Gasteiger partial charge in [0.2, 0.25) is 10.0 Å². The number of nitrogens with zero attached hydrogens (tertiary/aromatic N) is 1. The number of anilines is 1. The number of hydrogen-bond acceptors (Lipinski definition) is 3. The van der Waals surface area contributed by atoms with Crippen molar-refractivity contribution in [2.24, 2.45) is 0 Å². The van der Waals surface area contributed by atoms with Gasteiger partial charge in [0.15, 0.2) is 0 Å². The highest BCUT2D eigenvalue weighted by Gasteiger charge is 2.23. The summed E-state index contributed by atoms with van der Waals surface area (Å²) in [6.45, 7) is 0.445. The van der Waals surface area contributed by atoms with Crippen LogP contribution >= 0.6 is 15.9 Å². The monoisotopic (exact) mass is 375 g/mol. The van der Waals surface area contributed by atoms with Crippen molar-refractivity contribution >= 4 is 37.7 Å². The average molecular weight is 376 g/mol. The smallest absolute Gasteiger partial charge is 0.315 e. The summed E-state index contributed by atoms with van der Waals surface area (Å²) in [4.78, 5) is 11.5. The Bertz CT molecular complexity index is 600. The Morgan fingerprint density at radius 1 is 1.33 bits per heavy atom. The van der Waals surface area contributed by atoms with E-state index in [1.54, 1.807) is 24.3 Å². The summed E-state index contributed by atoms with van der Waals surface area (Å²) in [6.07, 6.45) is 3.18. The maximum Gasteiger partial charge on any atom is 0.315 e. The van der Waals surface area contributed by atoms with Crippen LogP contribution in [0.2, 0.25) is 0 Å². The Labute approximate surface area is 133 Å². The van der Waals surface area contributed by atoms with Crippen LogP contribution in [0.25, 0.3) is 0 Å².